The maximum atomic E-state index is 11.8. The predicted molar refractivity (Wildman–Crippen MR) is 97.8 cm³/mol. The topological polar surface area (TPSA) is 47.9 Å². The smallest absolute Gasteiger partial charge is 0.314 e. The van der Waals surface area contributed by atoms with Gasteiger partial charge in [-0.05, 0) is 83.5 Å². The highest BCUT2D eigenvalue weighted by atomic mass is 127. The van der Waals surface area contributed by atoms with Crippen LogP contribution < -0.4 is 9.47 Å². The Morgan fingerprint density at radius 1 is 1.17 bits per heavy atom. The Morgan fingerprint density at radius 2 is 1.91 bits per heavy atom. The number of carbonyl (C=O) groups excluding carboxylic acids is 1. The first-order chi connectivity index (χ1) is 11.2. The Morgan fingerprint density at radius 3 is 2.57 bits per heavy atom. The third-order valence-electron chi connectivity index (χ3n) is 3.50. The molecule has 0 aromatic heterocycles. The molecule has 1 fully saturated rings. The second kappa shape index (κ2) is 7.12. The summed E-state index contributed by atoms with van der Waals surface area (Å²) in [4.78, 5) is 16.2. The van der Waals surface area contributed by atoms with Gasteiger partial charge in [0.2, 0.25) is 0 Å². The molecular formula is C18H16INO3. The van der Waals surface area contributed by atoms with Crippen molar-refractivity contribution in [1.82, 2.24) is 0 Å². The summed E-state index contributed by atoms with van der Waals surface area (Å²) in [6, 6.07) is 13.3. The minimum Gasteiger partial charge on any atom is -0.493 e. The number of halogens is 1. The molecule has 2 aromatic rings. The molecule has 5 heteroatoms. The van der Waals surface area contributed by atoms with Gasteiger partial charge in [-0.25, -0.2) is 0 Å². The second-order valence-electron chi connectivity index (χ2n) is 5.34. The molecule has 0 spiro atoms. The number of esters is 1. The van der Waals surface area contributed by atoms with Crippen LogP contribution in [0.15, 0.2) is 47.5 Å². The molecule has 1 aliphatic rings. The van der Waals surface area contributed by atoms with Gasteiger partial charge in [0.05, 0.1) is 18.7 Å². The van der Waals surface area contributed by atoms with Crippen LogP contribution in [-0.4, -0.2) is 19.3 Å². The quantitative estimate of drug-likeness (QED) is 0.312. The zero-order valence-electron chi connectivity index (χ0n) is 12.7. The number of nitrogens with zero attached hydrogens (tertiary/aromatic N) is 1. The average Bonchev–Trinajstić information content (AvgIpc) is 3.40. The molecule has 0 radical (unpaired) electrons. The van der Waals surface area contributed by atoms with Crippen LogP contribution in [0.4, 0.5) is 5.69 Å². The van der Waals surface area contributed by atoms with Gasteiger partial charge in [-0.1, -0.05) is 0 Å². The summed E-state index contributed by atoms with van der Waals surface area (Å²) in [5.41, 5.74) is 1.76. The van der Waals surface area contributed by atoms with Crippen LogP contribution in [0.2, 0.25) is 0 Å². The van der Waals surface area contributed by atoms with Gasteiger partial charge in [0.1, 0.15) is 0 Å². The van der Waals surface area contributed by atoms with Gasteiger partial charge in [0.15, 0.2) is 11.5 Å². The minimum absolute atomic E-state index is 0.0572. The SMILES string of the molecule is COc1cc(C=Nc2ccc(I)cc2)ccc1OC(=O)C1CC1. The number of aliphatic imine (C=N–C) groups is 1. The van der Waals surface area contributed by atoms with E-state index >= 15 is 0 Å². The fourth-order valence-corrected chi connectivity index (χ4v) is 2.40. The van der Waals surface area contributed by atoms with E-state index in [9.17, 15) is 4.79 Å². The second-order valence-corrected chi connectivity index (χ2v) is 6.59. The van der Waals surface area contributed by atoms with E-state index in [0.29, 0.717) is 11.5 Å². The maximum Gasteiger partial charge on any atom is 0.314 e. The number of rotatable bonds is 5. The molecule has 1 aliphatic carbocycles. The lowest BCUT2D eigenvalue weighted by Crippen LogP contribution is -2.10. The number of hydrogen-bond donors (Lipinski definition) is 0. The summed E-state index contributed by atoms with van der Waals surface area (Å²) in [7, 11) is 1.56. The van der Waals surface area contributed by atoms with E-state index in [1.807, 2.05) is 36.4 Å². The first-order valence-electron chi connectivity index (χ1n) is 7.35. The molecule has 1 saturated carbocycles. The van der Waals surface area contributed by atoms with E-state index in [1.165, 1.54) is 3.57 Å². The molecule has 0 atom stereocenters. The Labute approximate surface area is 148 Å². The highest BCUT2D eigenvalue weighted by molar-refractivity contribution is 14.1. The summed E-state index contributed by atoms with van der Waals surface area (Å²) in [6.45, 7) is 0. The van der Waals surface area contributed by atoms with Crippen molar-refractivity contribution in [2.75, 3.05) is 7.11 Å². The summed E-state index contributed by atoms with van der Waals surface area (Å²) < 4.78 is 11.9. The first-order valence-corrected chi connectivity index (χ1v) is 8.43. The monoisotopic (exact) mass is 421 g/mol. The normalized spacial score (nSPS) is 14.0. The van der Waals surface area contributed by atoms with Crippen molar-refractivity contribution in [1.29, 1.82) is 0 Å². The highest BCUT2D eigenvalue weighted by Crippen LogP contribution is 2.34. The van der Waals surface area contributed by atoms with Crippen molar-refractivity contribution in [2.45, 2.75) is 12.8 Å². The molecular weight excluding hydrogens is 405 g/mol. The number of carbonyl (C=O) groups is 1. The zero-order chi connectivity index (χ0) is 16.2. The molecule has 4 nitrogen and oxygen atoms in total. The van der Waals surface area contributed by atoms with E-state index < -0.39 is 0 Å². The van der Waals surface area contributed by atoms with Crippen LogP contribution in [0.1, 0.15) is 18.4 Å². The molecule has 3 rings (SSSR count). The molecule has 0 heterocycles. The fraction of sp³-hybridized carbons (Fsp3) is 0.222. The molecule has 0 amide bonds. The van der Waals surface area contributed by atoms with Crippen molar-refractivity contribution >= 4 is 40.5 Å². The van der Waals surface area contributed by atoms with Gasteiger partial charge in [-0.2, -0.15) is 0 Å². The van der Waals surface area contributed by atoms with Crippen LogP contribution in [-0.2, 0) is 4.79 Å². The molecule has 2 aromatic carbocycles. The van der Waals surface area contributed by atoms with Crippen molar-refractivity contribution in [3.63, 3.8) is 0 Å². The maximum absolute atomic E-state index is 11.8. The van der Waals surface area contributed by atoms with Crippen molar-refractivity contribution in [2.24, 2.45) is 10.9 Å². The molecule has 0 saturated heterocycles. The van der Waals surface area contributed by atoms with Gasteiger partial charge >= 0.3 is 5.97 Å². The van der Waals surface area contributed by atoms with Gasteiger partial charge in [0.25, 0.3) is 0 Å². The van der Waals surface area contributed by atoms with Crippen LogP contribution >= 0.6 is 22.6 Å². The van der Waals surface area contributed by atoms with Crippen LogP contribution in [0.5, 0.6) is 11.5 Å². The third-order valence-corrected chi connectivity index (χ3v) is 4.22. The van der Waals surface area contributed by atoms with E-state index in [4.69, 9.17) is 9.47 Å². The lowest BCUT2D eigenvalue weighted by atomic mass is 10.2. The van der Waals surface area contributed by atoms with Gasteiger partial charge in [0, 0.05) is 9.78 Å². The Kier molecular flexibility index (Phi) is 4.95. The van der Waals surface area contributed by atoms with Crippen LogP contribution in [0, 0.1) is 9.49 Å². The van der Waals surface area contributed by atoms with E-state index in [0.717, 1.165) is 24.1 Å². The summed E-state index contributed by atoms with van der Waals surface area (Å²) in [5, 5.41) is 0. The zero-order valence-corrected chi connectivity index (χ0v) is 14.8. The Balaban J connectivity index is 1.75. The Hall–Kier alpha value is -1.89. The lowest BCUT2D eigenvalue weighted by molar-refractivity contribution is -0.135. The lowest BCUT2D eigenvalue weighted by Gasteiger charge is -2.09. The van der Waals surface area contributed by atoms with Crippen LogP contribution in [0.25, 0.3) is 0 Å². The summed E-state index contributed by atoms with van der Waals surface area (Å²) in [6.07, 6.45) is 3.60. The number of hydrogen-bond acceptors (Lipinski definition) is 4. The van der Waals surface area contributed by atoms with E-state index in [1.54, 1.807) is 19.4 Å². The number of ether oxygens (including phenoxy) is 2. The predicted octanol–water partition coefficient (Wildman–Crippen LogP) is 4.37. The first kappa shape index (κ1) is 16.0. The average molecular weight is 421 g/mol. The Bertz CT molecular complexity index is 736. The highest BCUT2D eigenvalue weighted by Gasteiger charge is 2.32. The van der Waals surface area contributed by atoms with Crippen molar-refractivity contribution in [3.8, 4) is 11.5 Å². The molecule has 118 valence electrons. The van der Waals surface area contributed by atoms with Crippen LogP contribution in [0.3, 0.4) is 0 Å². The summed E-state index contributed by atoms with van der Waals surface area (Å²) >= 11 is 2.26. The molecule has 0 bridgehead atoms. The number of benzene rings is 2. The molecule has 0 N–H and O–H groups in total. The standard InChI is InChI=1S/C18H16INO3/c1-22-17-10-12(11-20-15-7-5-14(19)6-8-15)2-9-16(17)23-18(21)13-3-4-13/h2,5-11,13H,3-4H2,1H3. The fourth-order valence-electron chi connectivity index (χ4n) is 2.04. The van der Waals surface area contributed by atoms with Gasteiger partial charge in [-0.3, -0.25) is 9.79 Å². The van der Waals surface area contributed by atoms with Crippen molar-refractivity contribution in [3.05, 3.63) is 51.6 Å². The van der Waals surface area contributed by atoms with Gasteiger partial charge in [-0.15, -0.1) is 0 Å². The largest absolute Gasteiger partial charge is 0.493 e. The third kappa shape index (κ3) is 4.31. The van der Waals surface area contributed by atoms with Gasteiger partial charge < -0.3 is 9.47 Å². The van der Waals surface area contributed by atoms with Crippen molar-refractivity contribution < 1.29 is 14.3 Å². The number of methoxy groups -OCH3 is 1. The minimum atomic E-state index is -0.177. The van der Waals surface area contributed by atoms with E-state index in [-0.39, 0.29) is 11.9 Å². The molecule has 0 unspecified atom stereocenters. The van der Waals surface area contributed by atoms with E-state index in [2.05, 4.69) is 27.6 Å². The summed E-state index contributed by atoms with van der Waals surface area (Å²) in [5.74, 6) is 0.867. The molecule has 23 heavy (non-hydrogen) atoms. The molecule has 0 aliphatic heterocycles.